The Kier molecular flexibility index (Phi) is 4.19. The minimum Gasteiger partial charge on any atom is -0.388 e. The quantitative estimate of drug-likeness (QED) is 0.334. The number of nitro groups is 1. The maximum absolute atomic E-state index is 11.2. The van der Waals surface area contributed by atoms with Crippen LogP contribution in [0.3, 0.4) is 0 Å². The number of benzene rings is 2. The fraction of sp³-hybridized carbons (Fsp3) is 0.300. The van der Waals surface area contributed by atoms with E-state index in [1.54, 1.807) is 17.6 Å². The van der Waals surface area contributed by atoms with Crippen molar-refractivity contribution < 1.29 is 25.0 Å². The number of para-hydroxylation sites is 1. The van der Waals surface area contributed by atoms with Gasteiger partial charge in [0.2, 0.25) is 0 Å². The summed E-state index contributed by atoms with van der Waals surface area (Å²) in [6, 6.07) is 11.6. The van der Waals surface area contributed by atoms with E-state index in [-0.39, 0.29) is 5.69 Å². The highest BCUT2D eigenvalue weighted by molar-refractivity contribution is 6.06. The Labute approximate surface area is 169 Å². The van der Waals surface area contributed by atoms with Gasteiger partial charge in [0.05, 0.1) is 27.6 Å². The molecule has 0 radical (unpaired) electrons. The smallest absolute Gasteiger partial charge is 0.271 e. The van der Waals surface area contributed by atoms with Crippen LogP contribution in [0.1, 0.15) is 13.2 Å². The largest absolute Gasteiger partial charge is 0.388 e. The highest BCUT2D eigenvalue weighted by Crippen LogP contribution is 2.36. The van der Waals surface area contributed by atoms with E-state index in [1.165, 1.54) is 12.1 Å². The monoisotopic (exact) mass is 410 g/mol. The van der Waals surface area contributed by atoms with E-state index in [0.29, 0.717) is 27.7 Å². The van der Waals surface area contributed by atoms with Gasteiger partial charge in [-0.15, -0.1) is 0 Å². The van der Waals surface area contributed by atoms with Gasteiger partial charge in [-0.3, -0.25) is 14.7 Å². The van der Waals surface area contributed by atoms with Gasteiger partial charge < -0.3 is 20.1 Å². The van der Waals surface area contributed by atoms with Crippen LogP contribution in [0.15, 0.2) is 42.5 Å². The Hall–Kier alpha value is -3.18. The van der Waals surface area contributed by atoms with Crippen LogP contribution in [0.2, 0.25) is 0 Å². The summed E-state index contributed by atoms with van der Waals surface area (Å²) in [4.78, 5) is 19.9. The summed E-state index contributed by atoms with van der Waals surface area (Å²) in [5, 5.41) is 42.9. The molecule has 30 heavy (non-hydrogen) atoms. The number of rotatable bonds is 2. The third kappa shape index (κ3) is 2.66. The number of aliphatic hydroxyl groups is 3. The third-order valence-electron chi connectivity index (χ3n) is 5.57. The normalized spacial score (nSPS) is 27.1. The molecule has 1 aliphatic rings. The van der Waals surface area contributed by atoms with E-state index >= 15 is 0 Å². The molecule has 0 bridgehead atoms. The number of non-ortho nitro benzene ring substituents is 1. The maximum Gasteiger partial charge on any atom is 0.271 e. The molecule has 0 unspecified atom stereocenters. The lowest BCUT2D eigenvalue weighted by Gasteiger charge is -2.40. The molecule has 5 atom stereocenters. The van der Waals surface area contributed by atoms with E-state index in [9.17, 15) is 25.4 Å². The van der Waals surface area contributed by atoms with Gasteiger partial charge >= 0.3 is 0 Å². The zero-order valence-electron chi connectivity index (χ0n) is 15.8. The molecule has 3 N–H and O–H groups in total. The summed E-state index contributed by atoms with van der Waals surface area (Å²) in [6.07, 6.45) is -5.84. The minimum atomic E-state index is -1.42. The first-order valence-corrected chi connectivity index (χ1v) is 9.41. The molecule has 10 nitrogen and oxygen atoms in total. The lowest BCUT2D eigenvalue weighted by atomic mass is 9.99. The molecule has 0 aliphatic carbocycles. The maximum atomic E-state index is 11.2. The number of nitro benzene ring substituents is 1. The third-order valence-corrected chi connectivity index (χ3v) is 5.57. The molecular weight excluding hydrogens is 392 g/mol. The van der Waals surface area contributed by atoms with Crippen molar-refractivity contribution in [3.8, 4) is 0 Å². The van der Waals surface area contributed by atoms with Crippen molar-refractivity contribution in [1.29, 1.82) is 0 Å². The first kappa shape index (κ1) is 18.8. The second-order valence-corrected chi connectivity index (χ2v) is 7.42. The molecule has 4 aromatic rings. The van der Waals surface area contributed by atoms with Crippen molar-refractivity contribution in [3.05, 3.63) is 52.6 Å². The summed E-state index contributed by atoms with van der Waals surface area (Å²) in [7, 11) is 0. The van der Waals surface area contributed by atoms with E-state index < -0.39 is 35.6 Å². The molecular formula is C20H18N4O6. The molecule has 0 saturated carbocycles. The number of hydrogen-bond donors (Lipinski definition) is 3. The van der Waals surface area contributed by atoms with Crippen molar-refractivity contribution in [2.45, 2.75) is 37.6 Å². The van der Waals surface area contributed by atoms with Crippen LogP contribution in [0.5, 0.6) is 0 Å². The van der Waals surface area contributed by atoms with Gasteiger partial charge in [-0.25, -0.2) is 9.97 Å². The predicted octanol–water partition coefficient (Wildman–Crippen LogP) is 1.65. The van der Waals surface area contributed by atoms with Crippen molar-refractivity contribution in [3.63, 3.8) is 0 Å². The fourth-order valence-corrected chi connectivity index (χ4v) is 3.99. The first-order valence-electron chi connectivity index (χ1n) is 9.41. The molecule has 10 heteroatoms. The van der Waals surface area contributed by atoms with E-state index in [4.69, 9.17) is 4.74 Å². The summed E-state index contributed by atoms with van der Waals surface area (Å²) in [6.45, 7) is 1.60. The minimum absolute atomic E-state index is 0.111. The highest BCUT2D eigenvalue weighted by atomic mass is 16.6. The Morgan fingerprint density at radius 1 is 1.03 bits per heavy atom. The molecule has 2 aromatic carbocycles. The van der Waals surface area contributed by atoms with Crippen LogP contribution in [0.25, 0.3) is 33.1 Å². The molecule has 154 valence electrons. The summed E-state index contributed by atoms with van der Waals surface area (Å²) < 4.78 is 7.46. The zero-order valence-corrected chi connectivity index (χ0v) is 15.8. The lowest BCUT2D eigenvalue weighted by molar-refractivity contribution is -0.384. The summed E-state index contributed by atoms with van der Waals surface area (Å²) in [5.41, 5.74) is 2.25. The molecule has 0 amide bonds. The topological polar surface area (TPSA) is 144 Å². The van der Waals surface area contributed by atoms with Crippen molar-refractivity contribution in [1.82, 2.24) is 14.5 Å². The Balaban J connectivity index is 1.82. The van der Waals surface area contributed by atoms with Crippen LogP contribution in [0.4, 0.5) is 5.69 Å². The van der Waals surface area contributed by atoms with Gasteiger partial charge in [-0.2, -0.15) is 0 Å². The SMILES string of the molecule is C[C@@H]1O[C@H](n2c3ccccc3c3nc4ccc([N+](=O)[O-])cc4nc32)[C@H](O)[C@H](O)[C@H]1O. The Morgan fingerprint density at radius 3 is 2.57 bits per heavy atom. The van der Waals surface area contributed by atoms with Crippen molar-refractivity contribution in [2.75, 3.05) is 0 Å². The second kappa shape index (κ2) is 6.67. The zero-order chi connectivity index (χ0) is 21.2. The number of fused-ring (bicyclic) bond motifs is 4. The first-order chi connectivity index (χ1) is 14.4. The van der Waals surface area contributed by atoms with Gasteiger partial charge in [-0.05, 0) is 19.1 Å². The molecule has 2 aromatic heterocycles. The highest BCUT2D eigenvalue weighted by Gasteiger charge is 2.43. The van der Waals surface area contributed by atoms with Gasteiger partial charge in [0.25, 0.3) is 5.69 Å². The fourth-order valence-electron chi connectivity index (χ4n) is 3.99. The van der Waals surface area contributed by atoms with Crippen LogP contribution >= 0.6 is 0 Å². The van der Waals surface area contributed by atoms with E-state index in [2.05, 4.69) is 9.97 Å². The lowest BCUT2D eigenvalue weighted by Crippen LogP contribution is -2.54. The molecule has 5 rings (SSSR count). The summed E-state index contributed by atoms with van der Waals surface area (Å²) >= 11 is 0. The van der Waals surface area contributed by atoms with Crippen LogP contribution in [-0.4, -0.2) is 59.2 Å². The number of ether oxygens (including phenoxy) is 1. The molecule has 0 spiro atoms. The molecule has 1 saturated heterocycles. The molecule has 1 aliphatic heterocycles. The Bertz CT molecular complexity index is 1300. The number of nitrogens with zero attached hydrogens (tertiary/aromatic N) is 4. The Morgan fingerprint density at radius 2 is 1.80 bits per heavy atom. The van der Waals surface area contributed by atoms with E-state index in [1.807, 2.05) is 24.3 Å². The van der Waals surface area contributed by atoms with Gasteiger partial charge in [-0.1, -0.05) is 18.2 Å². The van der Waals surface area contributed by atoms with Gasteiger partial charge in [0.15, 0.2) is 11.9 Å². The van der Waals surface area contributed by atoms with Crippen LogP contribution in [0, 0.1) is 10.1 Å². The number of hydrogen-bond acceptors (Lipinski definition) is 8. The number of aliphatic hydroxyl groups excluding tert-OH is 3. The predicted molar refractivity (Wildman–Crippen MR) is 107 cm³/mol. The standard InChI is InChI=1S/C20H18N4O6/c1-9-16(25)17(26)18(27)20(30-9)23-14-5-3-2-4-11(14)15-19(23)22-13-8-10(24(28)29)6-7-12(13)21-15/h2-9,16-18,20,25-27H,1H3/t9-,16-,17+,18+,20-/m0/s1. The summed E-state index contributed by atoms with van der Waals surface area (Å²) in [5.74, 6) is 0. The molecule has 3 heterocycles. The van der Waals surface area contributed by atoms with Crippen LogP contribution < -0.4 is 0 Å². The van der Waals surface area contributed by atoms with Crippen LogP contribution in [-0.2, 0) is 4.74 Å². The van der Waals surface area contributed by atoms with Gasteiger partial charge in [0.1, 0.15) is 23.8 Å². The second-order valence-electron chi connectivity index (χ2n) is 7.42. The molecule has 1 fully saturated rings. The van der Waals surface area contributed by atoms with Crippen molar-refractivity contribution in [2.24, 2.45) is 0 Å². The average Bonchev–Trinajstić information content (AvgIpc) is 3.06. The van der Waals surface area contributed by atoms with Crippen molar-refractivity contribution >= 4 is 38.8 Å². The van der Waals surface area contributed by atoms with E-state index in [0.717, 1.165) is 5.39 Å². The average molecular weight is 410 g/mol. The van der Waals surface area contributed by atoms with Gasteiger partial charge in [0, 0.05) is 17.5 Å². The number of aromatic nitrogens is 3.